The Hall–Kier alpha value is -3.16. The Bertz CT molecular complexity index is 899. The SMILES string of the molecule is CSCCC(NC(=O)C(NC(=O)C(N)CCC(=O)O)C(C)O)C(=O)NC(Cc1ccccc1)C(=O)O. The maximum atomic E-state index is 12.9. The monoisotopic (exact) mass is 526 g/mol. The van der Waals surface area contributed by atoms with E-state index in [4.69, 9.17) is 10.8 Å². The van der Waals surface area contributed by atoms with Crippen LogP contribution in [0.5, 0.6) is 0 Å². The molecule has 0 bridgehead atoms. The fraction of sp³-hybridized carbons (Fsp3) is 0.522. The third-order valence-corrected chi connectivity index (χ3v) is 5.85. The molecule has 0 fully saturated rings. The number of aliphatic carboxylic acids is 2. The van der Waals surface area contributed by atoms with Crippen LogP contribution >= 0.6 is 11.8 Å². The largest absolute Gasteiger partial charge is 0.481 e. The number of nitrogens with two attached hydrogens (primary N) is 1. The van der Waals surface area contributed by atoms with Crippen molar-refractivity contribution < 1.29 is 39.3 Å². The van der Waals surface area contributed by atoms with E-state index in [2.05, 4.69) is 16.0 Å². The van der Waals surface area contributed by atoms with Crippen LogP contribution in [-0.4, -0.2) is 87.3 Å². The van der Waals surface area contributed by atoms with Crippen LogP contribution < -0.4 is 21.7 Å². The second kappa shape index (κ2) is 15.8. The predicted molar refractivity (Wildman–Crippen MR) is 133 cm³/mol. The first kappa shape index (κ1) is 30.9. The maximum Gasteiger partial charge on any atom is 0.326 e. The zero-order valence-corrected chi connectivity index (χ0v) is 21.0. The normalized spacial score (nSPS) is 15.0. The highest BCUT2D eigenvalue weighted by molar-refractivity contribution is 7.98. The van der Waals surface area contributed by atoms with Gasteiger partial charge in [-0.3, -0.25) is 19.2 Å². The number of hydrogen-bond acceptors (Lipinski definition) is 8. The minimum atomic E-state index is -1.47. The summed E-state index contributed by atoms with van der Waals surface area (Å²) in [7, 11) is 0. The first-order valence-corrected chi connectivity index (χ1v) is 12.7. The molecule has 13 heteroatoms. The topological polar surface area (TPSA) is 208 Å². The van der Waals surface area contributed by atoms with Gasteiger partial charge >= 0.3 is 11.9 Å². The summed E-state index contributed by atoms with van der Waals surface area (Å²) in [5.74, 6) is -4.37. The lowest BCUT2D eigenvalue weighted by Crippen LogP contribution is -2.60. The number of benzene rings is 1. The number of aliphatic hydroxyl groups excluding tert-OH is 1. The molecule has 3 amide bonds. The van der Waals surface area contributed by atoms with Gasteiger partial charge in [0, 0.05) is 12.8 Å². The van der Waals surface area contributed by atoms with Gasteiger partial charge in [-0.15, -0.1) is 0 Å². The smallest absolute Gasteiger partial charge is 0.326 e. The quantitative estimate of drug-likeness (QED) is 0.141. The Morgan fingerprint density at radius 2 is 1.53 bits per heavy atom. The van der Waals surface area contributed by atoms with Gasteiger partial charge in [0.25, 0.3) is 0 Å². The van der Waals surface area contributed by atoms with Crippen LogP contribution in [0.2, 0.25) is 0 Å². The molecule has 5 atom stereocenters. The average Bonchev–Trinajstić information content (AvgIpc) is 2.82. The fourth-order valence-electron chi connectivity index (χ4n) is 3.16. The van der Waals surface area contributed by atoms with E-state index >= 15 is 0 Å². The number of carbonyl (C=O) groups is 5. The van der Waals surface area contributed by atoms with E-state index in [9.17, 15) is 34.2 Å². The first-order valence-electron chi connectivity index (χ1n) is 11.3. The number of aliphatic hydroxyl groups is 1. The van der Waals surface area contributed by atoms with Crippen LogP contribution in [-0.2, 0) is 30.4 Å². The maximum absolute atomic E-state index is 12.9. The number of hydrogen-bond donors (Lipinski definition) is 7. The van der Waals surface area contributed by atoms with Crippen molar-refractivity contribution in [2.75, 3.05) is 12.0 Å². The lowest BCUT2D eigenvalue weighted by Gasteiger charge is -2.26. The standard InChI is InChI=1S/C23H34N4O8S/c1-13(28)19(27-20(31)15(24)8-9-18(29)30)22(33)25-16(10-11-36-2)21(32)26-17(23(34)35)12-14-6-4-3-5-7-14/h3-7,13,15-17,19,28H,8-12,24H2,1-2H3,(H,25,33)(H,26,32)(H,27,31)(H,29,30)(H,34,35). The molecule has 200 valence electrons. The van der Waals surface area contributed by atoms with Crippen LogP contribution in [0, 0.1) is 0 Å². The van der Waals surface area contributed by atoms with E-state index in [0.29, 0.717) is 11.3 Å². The molecule has 0 aliphatic rings. The van der Waals surface area contributed by atoms with Gasteiger partial charge in [-0.05, 0) is 37.3 Å². The first-order chi connectivity index (χ1) is 17.0. The van der Waals surface area contributed by atoms with Gasteiger partial charge in [-0.25, -0.2) is 4.79 Å². The molecule has 0 saturated carbocycles. The lowest BCUT2D eigenvalue weighted by atomic mass is 10.0. The second-order valence-electron chi connectivity index (χ2n) is 8.20. The molecule has 0 radical (unpaired) electrons. The summed E-state index contributed by atoms with van der Waals surface area (Å²) in [6.07, 6.45) is 0.0935. The molecular weight excluding hydrogens is 492 g/mol. The molecule has 0 saturated heterocycles. The van der Waals surface area contributed by atoms with Crippen molar-refractivity contribution in [1.29, 1.82) is 0 Å². The molecule has 8 N–H and O–H groups in total. The van der Waals surface area contributed by atoms with Crippen LogP contribution in [0.4, 0.5) is 0 Å². The van der Waals surface area contributed by atoms with E-state index in [-0.39, 0.29) is 25.7 Å². The molecule has 1 rings (SSSR count). The number of rotatable bonds is 16. The minimum absolute atomic E-state index is 0.0334. The van der Waals surface area contributed by atoms with Gasteiger partial charge in [-0.2, -0.15) is 11.8 Å². The molecule has 0 heterocycles. The molecule has 5 unspecified atom stereocenters. The summed E-state index contributed by atoms with van der Waals surface area (Å²) in [5, 5.41) is 35.6. The van der Waals surface area contributed by atoms with Crippen molar-refractivity contribution in [3.05, 3.63) is 35.9 Å². The number of nitrogens with one attached hydrogen (secondary N) is 3. The Labute approximate surface area is 213 Å². The Balaban J connectivity index is 2.92. The highest BCUT2D eigenvalue weighted by Crippen LogP contribution is 2.07. The van der Waals surface area contributed by atoms with Gasteiger partial charge in [0.05, 0.1) is 12.1 Å². The van der Waals surface area contributed by atoms with Crippen LogP contribution in [0.3, 0.4) is 0 Å². The van der Waals surface area contributed by atoms with Gasteiger partial charge < -0.3 is 37.0 Å². The Morgan fingerprint density at radius 3 is 2.06 bits per heavy atom. The number of thioether (sulfide) groups is 1. The number of carbonyl (C=O) groups excluding carboxylic acids is 3. The van der Waals surface area contributed by atoms with Crippen molar-refractivity contribution in [3.8, 4) is 0 Å². The summed E-state index contributed by atoms with van der Waals surface area (Å²) >= 11 is 1.41. The van der Waals surface area contributed by atoms with E-state index in [1.54, 1.807) is 36.6 Å². The summed E-state index contributed by atoms with van der Waals surface area (Å²) in [4.78, 5) is 60.5. The highest BCUT2D eigenvalue weighted by Gasteiger charge is 2.32. The van der Waals surface area contributed by atoms with E-state index in [0.717, 1.165) is 0 Å². The van der Waals surface area contributed by atoms with Gasteiger partial charge in [0.1, 0.15) is 18.1 Å². The Kier molecular flexibility index (Phi) is 13.5. The summed E-state index contributed by atoms with van der Waals surface area (Å²) in [6, 6.07) is 3.65. The zero-order valence-electron chi connectivity index (χ0n) is 20.2. The molecule has 0 spiro atoms. The van der Waals surface area contributed by atoms with Gasteiger partial charge in [0.2, 0.25) is 17.7 Å². The van der Waals surface area contributed by atoms with Gasteiger partial charge in [-0.1, -0.05) is 30.3 Å². The highest BCUT2D eigenvalue weighted by atomic mass is 32.2. The van der Waals surface area contributed by atoms with Crippen molar-refractivity contribution in [2.45, 2.75) is 62.9 Å². The zero-order chi connectivity index (χ0) is 27.3. The molecule has 36 heavy (non-hydrogen) atoms. The van der Waals surface area contributed by atoms with Crippen LogP contribution in [0.25, 0.3) is 0 Å². The minimum Gasteiger partial charge on any atom is -0.481 e. The summed E-state index contributed by atoms with van der Waals surface area (Å²) in [5.41, 5.74) is 6.36. The fourth-order valence-corrected chi connectivity index (χ4v) is 3.64. The summed E-state index contributed by atoms with van der Waals surface area (Å²) in [6.45, 7) is 1.25. The second-order valence-corrected chi connectivity index (χ2v) is 9.18. The third kappa shape index (κ3) is 11.1. The Morgan fingerprint density at radius 1 is 0.917 bits per heavy atom. The predicted octanol–water partition coefficient (Wildman–Crippen LogP) is -0.906. The van der Waals surface area contributed by atoms with Crippen molar-refractivity contribution in [3.63, 3.8) is 0 Å². The average molecular weight is 527 g/mol. The molecule has 0 aromatic heterocycles. The van der Waals surface area contributed by atoms with Crippen LogP contribution in [0.15, 0.2) is 30.3 Å². The van der Waals surface area contributed by atoms with Crippen molar-refractivity contribution >= 4 is 41.4 Å². The summed E-state index contributed by atoms with van der Waals surface area (Å²) < 4.78 is 0. The molecule has 1 aromatic rings. The number of carboxylic acid groups (broad SMARTS) is 2. The van der Waals surface area contributed by atoms with Crippen LogP contribution in [0.1, 0.15) is 31.7 Å². The van der Waals surface area contributed by atoms with Crippen molar-refractivity contribution in [2.24, 2.45) is 5.73 Å². The molecule has 1 aromatic carbocycles. The number of amides is 3. The molecule has 0 aliphatic carbocycles. The van der Waals surface area contributed by atoms with Crippen molar-refractivity contribution in [1.82, 2.24) is 16.0 Å². The molecule has 12 nitrogen and oxygen atoms in total. The number of carboxylic acids is 2. The van der Waals surface area contributed by atoms with E-state index < -0.39 is 59.9 Å². The molecule has 0 aliphatic heterocycles. The van der Waals surface area contributed by atoms with Gasteiger partial charge in [0.15, 0.2) is 0 Å². The van der Waals surface area contributed by atoms with E-state index in [1.165, 1.54) is 18.7 Å². The molecular formula is C23H34N4O8S. The lowest BCUT2D eigenvalue weighted by molar-refractivity contribution is -0.142. The van der Waals surface area contributed by atoms with E-state index in [1.807, 2.05) is 0 Å². The third-order valence-electron chi connectivity index (χ3n) is 5.21.